The number of unbranched alkanes of at least 4 members (excludes halogenated alkanes) is 5. The van der Waals surface area contributed by atoms with Gasteiger partial charge in [0.05, 0.1) is 0 Å². The molecule has 1 atom stereocenters. The number of hydrogen-bond acceptors (Lipinski definition) is 0. The van der Waals surface area contributed by atoms with Crippen molar-refractivity contribution in [2.75, 3.05) is 0 Å². The molecule has 0 bridgehead atoms. The molecule has 0 radical (unpaired) electrons. The quantitative estimate of drug-likeness (QED) is 0.486. The zero-order valence-electron chi connectivity index (χ0n) is 10.8. The molecular formula is C15H25P. The van der Waals surface area contributed by atoms with E-state index < -0.39 is 0 Å². The van der Waals surface area contributed by atoms with Gasteiger partial charge in [-0.15, -0.1) is 9.24 Å². The highest BCUT2D eigenvalue weighted by atomic mass is 31.0. The molecule has 1 aromatic carbocycles. The zero-order chi connectivity index (χ0) is 11.8. The molecule has 0 nitrogen and oxygen atoms in total. The molecule has 90 valence electrons. The van der Waals surface area contributed by atoms with Crippen molar-refractivity contribution in [3.05, 3.63) is 29.3 Å². The molecule has 0 saturated heterocycles. The molecular weight excluding hydrogens is 211 g/mol. The van der Waals surface area contributed by atoms with Crippen LogP contribution in [0.3, 0.4) is 0 Å². The number of rotatable bonds is 7. The number of aryl methyl sites for hydroxylation is 2. The first-order valence-corrected chi connectivity index (χ1v) is 7.16. The highest BCUT2D eigenvalue weighted by Crippen LogP contribution is 2.11. The summed E-state index contributed by atoms with van der Waals surface area (Å²) in [5, 5.41) is 1.33. The lowest BCUT2D eigenvalue weighted by Gasteiger charge is -2.05. The molecule has 0 heterocycles. The average Bonchev–Trinajstić information content (AvgIpc) is 2.28. The summed E-state index contributed by atoms with van der Waals surface area (Å²) in [5.41, 5.74) is 2.90. The van der Waals surface area contributed by atoms with Crippen LogP contribution in [-0.4, -0.2) is 0 Å². The summed E-state index contributed by atoms with van der Waals surface area (Å²) in [6, 6.07) is 6.81. The molecule has 0 N–H and O–H groups in total. The predicted molar refractivity (Wildman–Crippen MR) is 77.6 cm³/mol. The summed E-state index contributed by atoms with van der Waals surface area (Å²) in [7, 11) is 2.79. The zero-order valence-corrected chi connectivity index (χ0v) is 11.9. The van der Waals surface area contributed by atoms with Gasteiger partial charge in [-0.05, 0) is 36.2 Å². The molecule has 1 rings (SSSR count). The minimum Gasteiger partial charge on any atom is -0.105 e. The second-order valence-electron chi connectivity index (χ2n) is 4.71. The van der Waals surface area contributed by atoms with E-state index in [1.165, 1.54) is 61.4 Å². The van der Waals surface area contributed by atoms with Gasteiger partial charge in [-0.25, -0.2) is 0 Å². The van der Waals surface area contributed by atoms with Crippen LogP contribution in [0, 0.1) is 6.92 Å². The molecule has 0 aliphatic rings. The van der Waals surface area contributed by atoms with Gasteiger partial charge in [-0.3, -0.25) is 0 Å². The van der Waals surface area contributed by atoms with E-state index in [9.17, 15) is 0 Å². The predicted octanol–water partition coefficient (Wildman–Crippen LogP) is 4.40. The van der Waals surface area contributed by atoms with E-state index in [-0.39, 0.29) is 0 Å². The topological polar surface area (TPSA) is 0 Å². The summed E-state index contributed by atoms with van der Waals surface area (Å²) in [5.74, 6) is 0. The Balaban J connectivity index is 2.19. The Kier molecular flexibility index (Phi) is 6.73. The van der Waals surface area contributed by atoms with Crippen LogP contribution in [0.4, 0.5) is 0 Å². The van der Waals surface area contributed by atoms with Crippen molar-refractivity contribution in [1.82, 2.24) is 0 Å². The van der Waals surface area contributed by atoms with E-state index in [0.29, 0.717) is 0 Å². The lowest BCUT2D eigenvalue weighted by Crippen LogP contribution is -1.98. The third-order valence-corrected chi connectivity index (χ3v) is 3.80. The molecule has 0 aliphatic carbocycles. The Bertz CT molecular complexity index is 304. The fraction of sp³-hybridized carbons (Fsp3) is 0.600. The first-order chi connectivity index (χ1) is 7.74. The van der Waals surface area contributed by atoms with Gasteiger partial charge < -0.3 is 0 Å². The van der Waals surface area contributed by atoms with E-state index in [4.69, 9.17) is 0 Å². The van der Waals surface area contributed by atoms with Crippen LogP contribution >= 0.6 is 9.24 Å². The Morgan fingerprint density at radius 1 is 1.00 bits per heavy atom. The van der Waals surface area contributed by atoms with Crippen molar-refractivity contribution in [2.24, 2.45) is 0 Å². The van der Waals surface area contributed by atoms with Gasteiger partial charge in [0.25, 0.3) is 0 Å². The Hall–Kier alpha value is -0.350. The molecule has 1 unspecified atom stereocenters. The monoisotopic (exact) mass is 236 g/mol. The summed E-state index contributed by atoms with van der Waals surface area (Å²) in [6.45, 7) is 4.46. The van der Waals surface area contributed by atoms with Gasteiger partial charge in [0, 0.05) is 0 Å². The average molecular weight is 236 g/mol. The Morgan fingerprint density at radius 2 is 1.69 bits per heavy atom. The molecule has 1 heteroatoms. The summed E-state index contributed by atoms with van der Waals surface area (Å²) < 4.78 is 0. The minimum atomic E-state index is 1.25. The second kappa shape index (κ2) is 7.85. The Labute approximate surface area is 103 Å². The highest BCUT2D eigenvalue weighted by Gasteiger charge is 1.97. The van der Waals surface area contributed by atoms with Crippen molar-refractivity contribution in [3.8, 4) is 0 Å². The lowest BCUT2D eigenvalue weighted by molar-refractivity contribution is 0.607. The molecule has 0 saturated carbocycles. The summed E-state index contributed by atoms with van der Waals surface area (Å²) >= 11 is 0. The maximum Gasteiger partial charge on any atom is -0.0273 e. The van der Waals surface area contributed by atoms with Crippen LogP contribution in [0.25, 0.3) is 0 Å². The van der Waals surface area contributed by atoms with Crippen LogP contribution < -0.4 is 5.30 Å². The SMILES string of the molecule is CCCCCCCCc1ccc(P)c(C)c1. The van der Waals surface area contributed by atoms with Crippen LogP contribution in [0.5, 0.6) is 0 Å². The molecule has 0 aliphatic heterocycles. The molecule has 0 amide bonds. The fourth-order valence-corrected chi connectivity index (χ4v) is 2.18. The molecule has 0 aromatic heterocycles. The minimum absolute atomic E-state index is 1.25. The lowest BCUT2D eigenvalue weighted by atomic mass is 10.0. The van der Waals surface area contributed by atoms with Gasteiger partial charge in [0.15, 0.2) is 0 Å². The molecule has 0 spiro atoms. The number of hydrogen-bond donors (Lipinski definition) is 0. The van der Waals surface area contributed by atoms with E-state index >= 15 is 0 Å². The van der Waals surface area contributed by atoms with Gasteiger partial charge in [-0.2, -0.15) is 0 Å². The van der Waals surface area contributed by atoms with E-state index in [1.807, 2.05) is 0 Å². The maximum atomic E-state index is 2.79. The third kappa shape index (κ3) is 5.12. The largest absolute Gasteiger partial charge is 0.105 e. The van der Waals surface area contributed by atoms with Crippen molar-refractivity contribution in [2.45, 2.75) is 58.8 Å². The van der Waals surface area contributed by atoms with Crippen LogP contribution in [0.1, 0.15) is 56.6 Å². The van der Waals surface area contributed by atoms with Crippen LogP contribution in [0.15, 0.2) is 18.2 Å². The summed E-state index contributed by atoms with van der Waals surface area (Å²) in [6.07, 6.45) is 9.56. The third-order valence-electron chi connectivity index (χ3n) is 3.15. The van der Waals surface area contributed by atoms with Crippen molar-refractivity contribution in [3.63, 3.8) is 0 Å². The van der Waals surface area contributed by atoms with Gasteiger partial charge in [0.1, 0.15) is 0 Å². The normalized spacial score (nSPS) is 10.7. The van der Waals surface area contributed by atoms with E-state index in [0.717, 1.165) is 0 Å². The second-order valence-corrected chi connectivity index (χ2v) is 5.33. The van der Waals surface area contributed by atoms with Gasteiger partial charge in [0.2, 0.25) is 0 Å². The van der Waals surface area contributed by atoms with Crippen LogP contribution in [0.2, 0.25) is 0 Å². The Morgan fingerprint density at radius 3 is 2.38 bits per heavy atom. The summed E-state index contributed by atoms with van der Waals surface area (Å²) in [4.78, 5) is 0. The fourth-order valence-electron chi connectivity index (χ4n) is 2.00. The van der Waals surface area contributed by atoms with Crippen molar-refractivity contribution in [1.29, 1.82) is 0 Å². The van der Waals surface area contributed by atoms with Gasteiger partial charge >= 0.3 is 0 Å². The van der Waals surface area contributed by atoms with Crippen molar-refractivity contribution >= 4 is 14.5 Å². The molecule has 1 aromatic rings. The van der Waals surface area contributed by atoms with Gasteiger partial charge in [-0.1, -0.05) is 57.2 Å². The smallest absolute Gasteiger partial charge is 0.0273 e. The highest BCUT2D eigenvalue weighted by molar-refractivity contribution is 7.27. The standard InChI is InChI=1S/C15H25P/c1-3-4-5-6-7-8-9-14-10-11-15(16)13(2)12-14/h10-12H,3-9,16H2,1-2H3. The maximum absolute atomic E-state index is 2.79. The first kappa shape index (κ1) is 13.7. The molecule has 16 heavy (non-hydrogen) atoms. The number of benzene rings is 1. The van der Waals surface area contributed by atoms with E-state index in [2.05, 4.69) is 41.3 Å². The van der Waals surface area contributed by atoms with Crippen LogP contribution in [-0.2, 0) is 6.42 Å². The van der Waals surface area contributed by atoms with E-state index in [1.54, 1.807) is 0 Å². The first-order valence-electron chi connectivity index (χ1n) is 6.59. The van der Waals surface area contributed by atoms with Crippen molar-refractivity contribution < 1.29 is 0 Å². The molecule has 0 fully saturated rings.